The van der Waals surface area contributed by atoms with E-state index < -0.39 is 0 Å². The molecular formula is C16H18FN3O3. The van der Waals surface area contributed by atoms with Crippen LogP contribution < -0.4 is 5.32 Å². The summed E-state index contributed by atoms with van der Waals surface area (Å²) in [6, 6.07) is 5.85. The van der Waals surface area contributed by atoms with Crippen LogP contribution >= 0.6 is 0 Å². The molecule has 0 radical (unpaired) electrons. The van der Waals surface area contributed by atoms with E-state index in [-0.39, 0.29) is 30.7 Å². The lowest BCUT2D eigenvalue weighted by Gasteiger charge is -2.06. The monoisotopic (exact) mass is 319 g/mol. The summed E-state index contributed by atoms with van der Waals surface area (Å²) in [5.74, 6) is -1.03. The van der Waals surface area contributed by atoms with E-state index in [0.29, 0.717) is 22.6 Å². The summed E-state index contributed by atoms with van der Waals surface area (Å²) < 4.78 is 19.1. The standard InChI is InChI=1S/C16H18FN3O3/c1-10-15(16(22)18-9-8-14(21)23-3)11(2)20(19-10)13-6-4-12(17)5-7-13/h4-7H,8-9H2,1-3H3,(H,18,22). The zero-order valence-corrected chi connectivity index (χ0v) is 13.2. The van der Waals surface area contributed by atoms with E-state index in [1.807, 2.05) is 0 Å². The minimum absolute atomic E-state index is 0.104. The third kappa shape index (κ3) is 3.74. The minimum Gasteiger partial charge on any atom is -0.469 e. The van der Waals surface area contributed by atoms with Crippen LogP contribution in [0.1, 0.15) is 28.2 Å². The summed E-state index contributed by atoms with van der Waals surface area (Å²) in [4.78, 5) is 23.3. The molecule has 1 aromatic carbocycles. The lowest BCUT2D eigenvalue weighted by molar-refractivity contribution is -0.140. The summed E-state index contributed by atoms with van der Waals surface area (Å²) in [7, 11) is 1.30. The quantitative estimate of drug-likeness (QED) is 0.855. The lowest BCUT2D eigenvalue weighted by Crippen LogP contribution is -2.27. The Labute approximate surface area is 133 Å². The molecule has 0 spiro atoms. The van der Waals surface area contributed by atoms with Gasteiger partial charge in [-0.3, -0.25) is 9.59 Å². The maximum Gasteiger partial charge on any atom is 0.307 e. The first-order valence-electron chi connectivity index (χ1n) is 7.11. The van der Waals surface area contributed by atoms with E-state index in [9.17, 15) is 14.0 Å². The molecule has 0 aliphatic carbocycles. The molecule has 0 aliphatic rings. The zero-order chi connectivity index (χ0) is 17.0. The number of amides is 1. The van der Waals surface area contributed by atoms with Gasteiger partial charge in [0.15, 0.2) is 0 Å². The first kappa shape index (κ1) is 16.7. The first-order chi connectivity index (χ1) is 10.9. The molecule has 2 aromatic rings. The molecule has 0 aliphatic heterocycles. The molecule has 0 bridgehead atoms. The molecule has 1 heterocycles. The van der Waals surface area contributed by atoms with Crippen molar-refractivity contribution in [3.63, 3.8) is 0 Å². The number of rotatable bonds is 5. The summed E-state index contributed by atoms with van der Waals surface area (Å²) in [6.07, 6.45) is 0.104. The van der Waals surface area contributed by atoms with Crippen LogP contribution in [0.4, 0.5) is 4.39 Å². The fourth-order valence-corrected chi connectivity index (χ4v) is 2.27. The van der Waals surface area contributed by atoms with Crippen LogP contribution in [0.5, 0.6) is 0 Å². The Morgan fingerprint density at radius 2 is 1.91 bits per heavy atom. The predicted octanol–water partition coefficient (Wildman–Crippen LogP) is 1.92. The van der Waals surface area contributed by atoms with Crippen molar-refractivity contribution in [2.75, 3.05) is 13.7 Å². The molecule has 0 atom stereocenters. The number of hydrogen-bond acceptors (Lipinski definition) is 4. The van der Waals surface area contributed by atoms with Gasteiger partial charge >= 0.3 is 5.97 Å². The van der Waals surface area contributed by atoms with Gasteiger partial charge in [-0.25, -0.2) is 9.07 Å². The van der Waals surface area contributed by atoms with Gasteiger partial charge in [-0.05, 0) is 38.1 Å². The Balaban J connectivity index is 2.18. The second kappa shape index (κ2) is 7.04. The highest BCUT2D eigenvalue weighted by Gasteiger charge is 2.19. The number of methoxy groups -OCH3 is 1. The van der Waals surface area contributed by atoms with E-state index in [2.05, 4.69) is 15.2 Å². The van der Waals surface area contributed by atoms with Crippen molar-refractivity contribution in [1.82, 2.24) is 15.1 Å². The highest BCUT2D eigenvalue weighted by molar-refractivity contribution is 5.96. The van der Waals surface area contributed by atoms with Crippen molar-refractivity contribution < 1.29 is 18.7 Å². The minimum atomic E-state index is -0.388. The van der Waals surface area contributed by atoms with E-state index in [0.717, 1.165) is 0 Å². The average Bonchev–Trinajstić information content (AvgIpc) is 2.82. The van der Waals surface area contributed by atoms with Gasteiger partial charge in [-0.15, -0.1) is 0 Å². The lowest BCUT2D eigenvalue weighted by atomic mass is 10.2. The number of halogens is 1. The number of benzene rings is 1. The van der Waals surface area contributed by atoms with Crippen LogP contribution in [-0.4, -0.2) is 35.3 Å². The van der Waals surface area contributed by atoms with Crippen molar-refractivity contribution in [3.05, 3.63) is 47.0 Å². The number of hydrogen-bond donors (Lipinski definition) is 1. The Morgan fingerprint density at radius 3 is 2.52 bits per heavy atom. The molecule has 1 N–H and O–H groups in total. The number of ether oxygens (including phenoxy) is 1. The second-order valence-electron chi connectivity index (χ2n) is 5.02. The third-order valence-electron chi connectivity index (χ3n) is 3.43. The number of nitrogens with one attached hydrogen (secondary N) is 1. The van der Waals surface area contributed by atoms with Gasteiger partial charge in [-0.1, -0.05) is 0 Å². The first-order valence-corrected chi connectivity index (χ1v) is 7.11. The largest absolute Gasteiger partial charge is 0.469 e. The second-order valence-corrected chi connectivity index (χ2v) is 5.02. The third-order valence-corrected chi connectivity index (χ3v) is 3.43. The van der Waals surface area contributed by atoms with Gasteiger partial charge in [0.05, 0.1) is 36.2 Å². The summed E-state index contributed by atoms with van der Waals surface area (Å²) in [5.41, 5.74) is 2.31. The van der Waals surface area contributed by atoms with E-state index in [4.69, 9.17) is 0 Å². The number of carbonyl (C=O) groups is 2. The molecule has 7 heteroatoms. The van der Waals surface area contributed by atoms with Gasteiger partial charge in [0, 0.05) is 6.54 Å². The fraction of sp³-hybridized carbons (Fsp3) is 0.312. The molecule has 23 heavy (non-hydrogen) atoms. The molecule has 0 fully saturated rings. The predicted molar refractivity (Wildman–Crippen MR) is 82.0 cm³/mol. The summed E-state index contributed by atoms with van der Waals surface area (Å²) in [5, 5.41) is 7.00. The van der Waals surface area contributed by atoms with Crippen molar-refractivity contribution in [2.24, 2.45) is 0 Å². The summed E-state index contributed by atoms with van der Waals surface area (Å²) in [6.45, 7) is 3.67. The van der Waals surface area contributed by atoms with Crippen LogP contribution in [0, 0.1) is 19.7 Å². The molecule has 2 rings (SSSR count). The normalized spacial score (nSPS) is 10.4. The van der Waals surface area contributed by atoms with Crippen LogP contribution in [-0.2, 0) is 9.53 Å². The molecule has 0 unspecified atom stereocenters. The number of aryl methyl sites for hydroxylation is 1. The van der Waals surface area contributed by atoms with Crippen molar-refractivity contribution >= 4 is 11.9 Å². The van der Waals surface area contributed by atoms with Gasteiger partial charge in [0.25, 0.3) is 5.91 Å². The van der Waals surface area contributed by atoms with Crippen LogP contribution in [0.3, 0.4) is 0 Å². The van der Waals surface area contributed by atoms with E-state index >= 15 is 0 Å². The summed E-state index contributed by atoms with van der Waals surface area (Å²) >= 11 is 0. The van der Waals surface area contributed by atoms with Crippen LogP contribution in [0.25, 0.3) is 5.69 Å². The van der Waals surface area contributed by atoms with E-state index in [1.54, 1.807) is 30.7 Å². The topological polar surface area (TPSA) is 73.2 Å². The van der Waals surface area contributed by atoms with Crippen LogP contribution in [0.15, 0.2) is 24.3 Å². The Hall–Kier alpha value is -2.70. The van der Waals surface area contributed by atoms with Crippen molar-refractivity contribution in [3.8, 4) is 5.69 Å². The molecule has 6 nitrogen and oxygen atoms in total. The Kier molecular flexibility index (Phi) is 5.10. The number of nitrogens with zero attached hydrogens (tertiary/aromatic N) is 2. The van der Waals surface area contributed by atoms with Gasteiger partial charge in [-0.2, -0.15) is 5.10 Å². The van der Waals surface area contributed by atoms with Crippen LogP contribution in [0.2, 0.25) is 0 Å². The van der Waals surface area contributed by atoms with Gasteiger partial charge in [0.2, 0.25) is 0 Å². The molecule has 0 saturated heterocycles. The maximum absolute atomic E-state index is 13.0. The molecule has 1 amide bonds. The SMILES string of the molecule is COC(=O)CCNC(=O)c1c(C)nn(-c2ccc(F)cc2)c1C. The van der Waals surface area contributed by atoms with Crippen molar-refractivity contribution in [1.29, 1.82) is 0 Å². The number of esters is 1. The molecule has 1 aromatic heterocycles. The average molecular weight is 319 g/mol. The maximum atomic E-state index is 13.0. The Bertz CT molecular complexity index is 723. The highest BCUT2D eigenvalue weighted by atomic mass is 19.1. The molecule has 122 valence electrons. The fourth-order valence-electron chi connectivity index (χ4n) is 2.27. The van der Waals surface area contributed by atoms with Gasteiger partial charge < -0.3 is 10.1 Å². The Morgan fingerprint density at radius 1 is 1.26 bits per heavy atom. The smallest absolute Gasteiger partial charge is 0.307 e. The zero-order valence-electron chi connectivity index (χ0n) is 13.2. The van der Waals surface area contributed by atoms with E-state index in [1.165, 1.54) is 19.2 Å². The molecule has 0 saturated carbocycles. The van der Waals surface area contributed by atoms with Crippen molar-refractivity contribution in [2.45, 2.75) is 20.3 Å². The van der Waals surface area contributed by atoms with Gasteiger partial charge in [0.1, 0.15) is 5.82 Å². The highest BCUT2D eigenvalue weighted by Crippen LogP contribution is 2.18. The molecular weight excluding hydrogens is 301 g/mol. The number of aromatic nitrogens is 2. The number of carbonyl (C=O) groups excluding carboxylic acids is 2.